The maximum Gasteiger partial charge on any atom is 0.274 e. The summed E-state index contributed by atoms with van der Waals surface area (Å²) in [6.45, 7) is 2.13. The van der Waals surface area contributed by atoms with E-state index < -0.39 is 0 Å². The van der Waals surface area contributed by atoms with Gasteiger partial charge in [0, 0.05) is 12.0 Å². The fraction of sp³-hybridized carbons (Fsp3) is 0.750. The summed E-state index contributed by atoms with van der Waals surface area (Å²) in [5.41, 5.74) is 7.96. The average Bonchev–Trinajstić information content (AvgIpc) is 2.92. The molecule has 0 saturated heterocycles. The molecule has 0 spiro atoms. The third-order valence-corrected chi connectivity index (χ3v) is 5.83. The van der Waals surface area contributed by atoms with Gasteiger partial charge < -0.3 is 11.1 Å². The van der Waals surface area contributed by atoms with Gasteiger partial charge in [-0.25, -0.2) is 0 Å². The summed E-state index contributed by atoms with van der Waals surface area (Å²) >= 11 is 0. The molecule has 4 N–H and O–H groups in total. The van der Waals surface area contributed by atoms with Gasteiger partial charge >= 0.3 is 0 Å². The molecule has 1 heterocycles. The van der Waals surface area contributed by atoms with Crippen LogP contribution in [0.2, 0.25) is 0 Å². The van der Waals surface area contributed by atoms with E-state index in [1.54, 1.807) is 0 Å². The highest BCUT2D eigenvalue weighted by Crippen LogP contribution is 2.49. The number of nitrogen functional groups attached to an aromatic ring is 1. The Morgan fingerprint density at radius 3 is 2.76 bits per heavy atom. The molecule has 5 nitrogen and oxygen atoms in total. The van der Waals surface area contributed by atoms with Crippen molar-refractivity contribution in [3.8, 4) is 0 Å². The summed E-state index contributed by atoms with van der Waals surface area (Å²) in [4.78, 5) is 12.4. The number of carbonyl (C=O) groups excluding carboxylic acids is 1. The van der Waals surface area contributed by atoms with E-state index in [0.29, 0.717) is 23.2 Å². The standard InChI is InChI=1S/C16H24N4O/c1-8(12-7-9-2-3-11(12)6-9)18-16(21)15-13(17)14(19-20-15)10-4-5-10/h8-12H,2-7,17H2,1H3,(H,18,21)(H,19,20). The number of rotatable bonds is 4. The molecule has 1 amide bonds. The molecule has 1 aromatic rings. The van der Waals surface area contributed by atoms with E-state index in [9.17, 15) is 4.79 Å². The molecule has 3 fully saturated rings. The van der Waals surface area contributed by atoms with Crippen molar-refractivity contribution in [2.75, 3.05) is 5.73 Å². The first kappa shape index (κ1) is 13.2. The molecule has 21 heavy (non-hydrogen) atoms. The fourth-order valence-electron chi connectivity index (χ4n) is 4.51. The Hall–Kier alpha value is -1.52. The van der Waals surface area contributed by atoms with Gasteiger partial charge in [0.05, 0.1) is 11.4 Å². The number of nitrogens with one attached hydrogen (secondary N) is 2. The van der Waals surface area contributed by atoms with Gasteiger partial charge in [0.1, 0.15) is 0 Å². The lowest BCUT2D eigenvalue weighted by atomic mass is 9.84. The van der Waals surface area contributed by atoms with Crippen LogP contribution < -0.4 is 11.1 Å². The van der Waals surface area contributed by atoms with Crippen molar-refractivity contribution in [2.24, 2.45) is 17.8 Å². The monoisotopic (exact) mass is 288 g/mol. The van der Waals surface area contributed by atoms with Crippen LogP contribution in [-0.2, 0) is 0 Å². The van der Waals surface area contributed by atoms with Gasteiger partial charge in [-0.05, 0) is 56.8 Å². The molecule has 4 atom stereocenters. The SMILES string of the molecule is CC(NC(=O)c1n[nH]c(C2CC2)c1N)C1CC2CCC1C2. The molecule has 0 aromatic carbocycles. The van der Waals surface area contributed by atoms with Crippen molar-refractivity contribution in [1.29, 1.82) is 0 Å². The number of fused-ring (bicyclic) bond motifs is 2. The zero-order valence-corrected chi connectivity index (χ0v) is 12.6. The summed E-state index contributed by atoms with van der Waals surface area (Å²) in [6, 6.07) is 0.216. The number of nitrogens with zero attached hydrogens (tertiary/aromatic N) is 1. The smallest absolute Gasteiger partial charge is 0.274 e. The minimum absolute atomic E-state index is 0.120. The van der Waals surface area contributed by atoms with E-state index in [4.69, 9.17) is 5.73 Å². The van der Waals surface area contributed by atoms with Gasteiger partial charge in [-0.2, -0.15) is 5.10 Å². The van der Waals surface area contributed by atoms with Crippen LogP contribution in [0.3, 0.4) is 0 Å². The first-order valence-electron chi connectivity index (χ1n) is 8.28. The normalized spacial score (nSPS) is 32.3. The molecule has 4 unspecified atom stereocenters. The van der Waals surface area contributed by atoms with E-state index in [1.807, 2.05) is 0 Å². The molecule has 114 valence electrons. The number of hydrogen-bond acceptors (Lipinski definition) is 3. The molecule has 4 rings (SSSR count). The molecule has 3 aliphatic rings. The van der Waals surface area contributed by atoms with Gasteiger partial charge in [0.25, 0.3) is 5.91 Å². The lowest BCUT2D eigenvalue weighted by Crippen LogP contribution is -2.40. The van der Waals surface area contributed by atoms with Crippen molar-refractivity contribution >= 4 is 11.6 Å². The summed E-state index contributed by atoms with van der Waals surface area (Å²) in [5.74, 6) is 2.71. The van der Waals surface area contributed by atoms with Crippen molar-refractivity contribution in [3.05, 3.63) is 11.4 Å². The van der Waals surface area contributed by atoms with E-state index in [-0.39, 0.29) is 11.9 Å². The van der Waals surface area contributed by atoms with Gasteiger partial charge in [-0.3, -0.25) is 9.89 Å². The number of nitrogens with two attached hydrogens (primary N) is 1. The predicted molar refractivity (Wildman–Crippen MR) is 80.8 cm³/mol. The highest BCUT2D eigenvalue weighted by atomic mass is 16.2. The molecule has 5 heteroatoms. The lowest BCUT2D eigenvalue weighted by molar-refractivity contribution is 0.0911. The van der Waals surface area contributed by atoms with Crippen LogP contribution in [0.15, 0.2) is 0 Å². The van der Waals surface area contributed by atoms with Crippen molar-refractivity contribution in [1.82, 2.24) is 15.5 Å². The third kappa shape index (κ3) is 2.23. The second kappa shape index (κ2) is 4.75. The predicted octanol–water partition coefficient (Wildman–Crippen LogP) is 2.42. The Morgan fingerprint density at radius 1 is 1.33 bits per heavy atom. The average molecular weight is 288 g/mol. The zero-order valence-electron chi connectivity index (χ0n) is 12.6. The van der Waals surface area contributed by atoms with Gasteiger partial charge in [0.2, 0.25) is 0 Å². The number of amides is 1. The molecule has 0 aliphatic heterocycles. The lowest BCUT2D eigenvalue weighted by Gasteiger charge is -2.28. The summed E-state index contributed by atoms with van der Waals surface area (Å²) in [5, 5.41) is 10.2. The van der Waals surface area contributed by atoms with Crippen LogP contribution in [0.5, 0.6) is 0 Å². The molecular formula is C16H24N4O. The fourth-order valence-corrected chi connectivity index (χ4v) is 4.51. The highest BCUT2D eigenvalue weighted by Gasteiger charge is 2.42. The maximum absolute atomic E-state index is 12.4. The molecule has 3 saturated carbocycles. The Morgan fingerprint density at radius 2 is 2.14 bits per heavy atom. The zero-order chi connectivity index (χ0) is 14.6. The molecular weight excluding hydrogens is 264 g/mol. The molecule has 0 radical (unpaired) electrons. The number of anilines is 1. The molecule has 3 aliphatic carbocycles. The Kier molecular flexibility index (Phi) is 2.98. The van der Waals surface area contributed by atoms with Crippen LogP contribution in [0.4, 0.5) is 5.69 Å². The number of hydrogen-bond donors (Lipinski definition) is 3. The highest BCUT2D eigenvalue weighted by molar-refractivity contribution is 5.97. The number of carbonyl (C=O) groups is 1. The van der Waals surface area contributed by atoms with Gasteiger partial charge in [0.15, 0.2) is 5.69 Å². The minimum Gasteiger partial charge on any atom is -0.395 e. The van der Waals surface area contributed by atoms with Crippen LogP contribution in [-0.4, -0.2) is 22.1 Å². The first-order valence-corrected chi connectivity index (χ1v) is 8.28. The Bertz CT molecular complexity index is 563. The number of aromatic amines is 1. The van der Waals surface area contributed by atoms with Gasteiger partial charge in [-0.15, -0.1) is 0 Å². The number of aromatic nitrogens is 2. The van der Waals surface area contributed by atoms with Crippen LogP contribution in [0.25, 0.3) is 0 Å². The maximum atomic E-state index is 12.4. The van der Waals surface area contributed by atoms with Crippen LogP contribution in [0, 0.1) is 17.8 Å². The van der Waals surface area contributed by atoms with Crippen molar-refractivity contribution in [2.45, 2.75) is 57.4 Å². The summed E-state index contributed by atoms with van der Waals surface area (Å²) < 4.78 is 0. The largest absolute Gasteiger partial charge is 0.395 e. The van der Waals surface area contributed by atoms with E-state index in [2.05, 4.69) is 22.4 Å². The van der Waals surface area contributed by atoms with E-state index in [1.165, 1.54) is 25.7 Å². The van der Waals surface area contributed by atoms with Crippen LogP contribution >= 0.6 is 0 Å². The number of H-pyrrole nitrogens is 1. The first-order chi connectivity index (χ1) is 10.1. The Labute approximate surface area is 125 Å². The molecule has 1 aromatic heterocycles. The van der Waals surface area contributed by atoms with Crippen LogP contribution in [0.1, 0.15) is 67.5 Å². The topological polar surface area (TPSA) is 83.8 Å². The minimum atomic E-state index is -0.120. The quantitative estimate of drug-likeness (QED) is 0.795. The molecule has 2 bridgehead atoms. The van der Waals surface area contributed by atoms with Gasteiger partial charge in [-0.1, -0.05) is 6.42 Å². The second-order valence-corrected chi connectivity index (χ2v) is 7.27. The summed E-state index contributed by atoms with van der Waals surface area (Å²) in [6.07, 6.45) is 7.66. The van der Waals surface area contributed by atoms with Crippen molar-refractivity contribution < 1.29 is 4.79 Å². The Balaban J connectivity index is 1.43. The van der Waals surface area contributed by atoms with E-state index >= 15 is 0 Å². The third-order valence-electron chi connectivity index (χ3n) is 5.83. The second-order valence-electron chi connectivity index (χ2n) is 7.27. The van der Waals surface area contributed by atoms with Crippen molar-refractivity contribution in [3.63, 3.8) is 0 Å². The summed E-state index contributed by atoms with van der Waals surface area (Å²) in [7, 11) is 0. The van der Waals surface area contributed by atoms with E-state index in [0.717, 1.165) is 30.4 Å².